The number of rotatable bonds is 17. The van der Waals surface area contributed by atoms with Crippen molar-refractivity contribution in [3.63, 3.8) is 0 Å². The molecule has 1 heterocycles. The van der Waals surface area contributed by atoms with Gasteiger partial charge in [-0.2, -0.15) is 0 Å². The van der Waals surface area contributed by atoms with Crippen LogP contribution in [0.4, 0.5) is 0 Å². The number of nitrogens with zero attached hydrogens (tertiary/aromatic N) is 1. The van der Waals surface area contributed by atoms with Gasteiger partial charge >= 0.3 is 0 Å². The molecule has 1 aliphatic rings. The van der Waals surface area contributed by atoms with Crippen LogP contribution in [0.3, 0.4) is 0 Å². The first kappa shape index (κ1) is 39.4. The lowest BCUT2D eigenvalue weighted by atomic mass is 9.96. The maximum Gasteiger partial charge on any atom is 0.258 e. The minimum Gasteiger partial charge on any atom is -0.424 e. The fourth-order valence-electron chi connectivity index (χ4n) is 6.72. The monoisotopic (exact) mass is 681 g/mol. The Morgan fingerprint density at radius 3 is 2.06 bits per heavy atom. The molecule has 6 nitrogen and oxygen atoms in total. The van der Waals surface area contributed by atoms with Crippen molar-refractivity contribution in [1.29, 1.82) is 0 Å². The molecule has 1 fully saturated rings. The zero-order chi connectivity index (χ0) is 35.0. The van der Waals surface area contributed by atoms with Gasteiger partial charge in [-0.05, 0) is 77.6 Å². The van der Waals surface area contributed by atoms with Crippen LogP contribution in [0.5, 0.6) is 0 Å². The summed E-state index contributed by atoms with van der Waals surface area (Å²) in [7, 11) is -1.86. The van der Waals surface area contributed by atoms with Crippen LogP contribution in [0.15, 0.2) is 72.8 Å². The Hall–Kier alpha value is -2.08. The fraction of sp³-hybridized carbons (Fsp3) is 0.615. The van der Waals surface area contributed by atoms with E-state index in [0.717, 1.165) is 55.3 Å². The highest BCUT2D eigenvalue weighted by atomic mass is 28.4. The third kappa shape index (κ3) is 9.99. The lowest BCUT2D eigenvalue weighted by Gasteiger charge is -2.41. The summed E-state index contributed by atoms with van der Waals surface area (Å²) in [6.07, 6.45) is 7.38. The van der Waals surface area contributed by atoms with Crippen LogP contribution < -0.4 is 10.4 Å². The van der Waals surface area contributed by atoms with Crippen LogP contribution in [0, 0.1) is 5.92 Å². The Morgan fingerprint density at radius 1 is 1.00 bits per heavy atom. The Balaban J connectivity index is 1.58. The quantitative estimate of drug-likeness (QED) is 0.0793. The van der Waals surface area contributed by atoms with Crippen LogP contribution in [0.1, 0.15) is 92.9 Å². The largest absolute Gasteiger partial charge is 0.424 e. The van der Waals surface area contributed by atoms with E-state index in [-0.39, 0.29) is 40.2 Å². The molecule has 0 radical (unpaired) electrons. The average molecular weight is 682 g/mol. The summed E-state index contributed by atoms with van der Waals surface area (Å²) in [5.74, 6) is -0.237. The molecule has 1 saturated heterocycles. The van der Waals surface area contributed by atoms with Crippen molar-refractivity contribution in [1.82, 2.24) is 5.06 Å². The molecule has 0 aromatic heterocycles. The molecular formula is C39H63NO5Si2. The average Bonchev–Trinajstić information content (AvgIpc) is 3.39. The van der Waals surface area contributed by atoms with Crippen LogP contribution in [-0.2, 0) is 18.8 Å². The molecule has 2 aromatic carbocycles. The first-order valence-corrected chi connectivity index (χ1v) is 22.4. The SMILES string of the molecule is C=C1C[C@H](CCCCC(C)(C)[Si](O)(c2ccccc2)c2ccccc2)O[C@H]1CC[C@H](C[C@@H](C)C(=O)N(C)OC)O[Si](C)(C)C(C)(C)C. The van der Waals surface area contributed by atoms with Gasteiger partial charge in [0.15, 0.2) is 8.32 Å². The number of amides is 1. The second-order valence-corrected chi connectivity index (χ2v) is 24.6. The molecule has 3 rings (SSSR count). The molecule has 1 aliphatic heterocycles. The highest BCUT2D eigenvalue weighted by molar-refractivity contribution is 6.98. The zero-order valence-electron chi connectivity index (χ0n) is 31.0. The lowest BCUT2D eigenvalue weighted by Crippen LogP contribution is -2.65. The number of ether oxygens (including phenoxy) is 1. The fourth-order valence-corrected chi connectivity index (χ4v) is 11.9. The molecule has 0 spiro atoms. The van der Waals surface area contributed by atoms with Crippen molar-refractivity contribution in [2.75, 3.05) is 14.2 Å². The van der Waals surface area contributed by atoms with Crippen LogP contribution in [0.2, 0.25) is 23.2 Å². The highest BCUT2D eigenvalue weighted by Gasteiger charge is 2.49. The predicted molar refractivity (Wildman–Crippen MR) is 200 cm³/mol. The maximum atomic E-state index is 12.8. The molecule has 8 heteroatoms. The van der Waals surface area contributed by atoms with E-state index in [2.05, 4.69) is 78.6 Å². The van der Waals surface area contributed by atoms with Crippen molar-refractivity contribution in [3.05, 3.63) is 72.8 Å². The van der Waals surface area contributed by atoms with Gasteiger partial charge in [0.05, 0.1) is 19.3 Å². The summed E-state index contributed by atoms with van der Waals surface area (Å²) in [5, 5.41) is 3.28. The topological polar surface area (TPSA) is 68.2 Å². The molecule has 262 valence electrons. The van der Waals surface area contributed by atoms with E-state index in [1.165, 1.54) is 17.7 Å². The highest BCUT2D eigenvalue weighted by Crippen LogP contribution is 2.42. The van der Waals surface area contributed by atoms with Gasteiger partial charge in [0.1, 0.15) is 0 Å². The Labute approximate surface area is 288 Å². The standard InChI is InChI=1S/C39H63NO5Si2/c1-30-28-32(20-18-19-27-39(6,7)47(42,34-21-14-12-15-22-34)35-23-16-13-17-24-35)44-36(30)26-25-33(45-46(10,11)38(3,4)5)29-31(2)37(41)40(8)43-9/h12-17,21-24,31-33,36,42H,1,18-20,25-29H2,2-11H3/t31-,32+,33-,36+/m1/s1. The van der Waals surface area contributed by atoms with Crippen LogP contribution in [0.25, 0.3) is 0 Å². The molecule has 1 N–H and O–H groups in total. The minimum absolute atomic E-state index is 0.0169. The van der Waals surface area contributed by atoms with Gasteiger partial charge < -0.3 is 14.0 Å². The normalized spacial score (nSPS) is 19.1. The summed E-state index contributed by atoms with van der Waals surface area (Å²) >= 11 is 0. The smallest absolute Gasteiger partial charge is 0.258 e. The van der Waals surface area contributed by atoms with Gasteiger partial charge in [-0.25, -0.2) is 5.06 Å². The lowest BCUT2D eigenvalue weighted by molar-refractivity contribution is -0.173. The second-order valence-electron chi connectivity index (χ2n) is 15.9. The van der Waals surface area contributed by atoms with Crippen molar-refractivity contribution >= 4 is 32.9 Å². The summed E-state index contributed by atoms with van der Waals surface area (Å²) in [5.41, 5.74) is 1.17. The summed E-state index contributed by atoms with van der Waals surface area (Å²) in [6.45, 7) is 22.2. The van der Waals surface area contributed by atoms with E-state index in [1.807, 2.05) is 43.3 Å². The van der Waals surface area contributed by atoms with Gasteiger partial charge in [-0.3, -0.25) is 9.63 Å². The van der Waals surface area contributed by atoms with E-state index in [9.17, 15) is 9.59 Å². The van der Waals surface area contributed by atoms with E-state index in [1.54, 1.807) is 7.05 Å². The van der Waals surface area contributed by atoms with E-state index >= 15 is 0 Å². The number of benzene rings is 2. The van der Waals surface area contributed by atoms with Crippen molar-refractivity contribution in [2.24, 2.45) is 5.92 Å². The van der Waals surface area contributed by atoms with Gasteiger partial charge in [0.25, 0.3) is 8.32 Å². The Bertz CT molecular complexity index is 1240. The van der Waals surface area contributed by atoms with Gasteiger partial charge in [-0.1, -0.05) is 122 Å². The molecule has 0 aliphatic carbocycles. The predicted octanol–water partition coefficient (Wildman–Crippen LogP) is 8.01. The van der Waals surface area contributed by atoms with Crippen molar-refractivity contribution in [2.45, 2.75) is 134 Å². The molecule has 4 atom stereocenters. The summed E-state index contributed by atoms with van der Waals surface area (Å²) in [4.78, 5) is 30.5. The van der Waals surface area contributed by atoms with E-state index < -0.39 is 16.6 Å². The molecule has 0 unspecified atom stereocenters. The van der Waals surface area contributed by atoms with E-state index in [4.69, 9.17) is 14.0 Å². The third-order valence-electron chi connectivity index (χ3n) is 10.9. The zero-order valence-corrected chi connectivity index (χ0v) is 33.0. The third-order valence-corrected chi connectivity index (χ3v) is 20.0. The first-order valence-electron chi connectivity index (χ1n) is 17.6. The minimum atomic E-state index is -3.00. The number of unbranched alkanes of at least 4 members (excludes halogenated alkanes) is 1. The number of carbonyl (C=O) groups is 1. The summed E-state index contributed by atoms with van der Waals surface area (Å²) in [6, 6.07) is 20.6. The Morgan fingerprint density at radius 2 is 1.55 bits per heavy atom. The maximum absolute atomic E-state index is 12.8. The number of hydrogen-bond acceptors (Lipinski definition) is 5. The van der Waals surface area contributed by atoms with Crippen molar-refractivity contribution < 1.29 is 23.6 Å². The molecule has 47 heavy (non-hydrogen) atoms. The van der Waals surface area contributed by atoms with Crippen molar-refractivity contribution in [3.8, 4) is 0 Å². The molecule has 0 saturated carbocycles. The number of hydroxylamine groups is 2. The first-order chi connectivity index (χ1) is 21.9. The molecule has 2 aromatic rings. The van der Waals surface area contributed by atoms with E-state index in [0.29, 0.717) is 6.42 Å². The molecule has 1 amide bonds. The van der Waals surface area contributed by atoms with Gasteiger partial charge in [-0.15, -0.1) is 0 Å². The number of carbonyl (C=O) groups excluding carboxylic acids is 1. The Kier molecular flexibility index (Phi) is 13.9. The second kappa shape index (κ2) is 16.6. The van der Waals surface area contributed by atoms with Gasteiger partial charge in [0, 0.05) is 19.1 Å². The molecule has 0 bridgehead atoms. The molecular weight excluding hydrogens is 619 g/mol. The van der Waals surface area contributed by atoms with Gasteiger partial charge in [0.2, 0.25) is 5.91 Å². The van der Waals surface area contributed by atoms with Crippen LogP contribution >= 0.6 is 0 Å². The summed E-state index contributed by atoms with van der Waals surface area (Å²) < 4.78 is 13.5. The number of hydrogen-bond donors (Lipinski definition) is 1. The van der Waals surface area contributed by atoms with Crippen LogP contribution in [-0.4, -0.2) is 64.9 Å².